The second-order valence-corrected chi connectivity index (χ2v) is 5.83. The van der Waals surface area contributed by atoms with Gasteiger partial charge >= 0.3 is 0 Å². The minimum absolute atomic E-state index is 0.0319. The average molecular weight is 363 g/mol. The molecule has 2 rings (SSSR count). The van der Waals surface area contributed by atoms with Crippen molar-refractivity contribution >= 4 is 39.1 Å². The first-order valence-corrected chi connectivity index (χ1v) is 7.45. The summed E-state index contributed by atoms with van der Waals surface area (Å²) in [6.07, 6.45) is 1.65. The van der Waals surface area contributed by atoms with Gasteiger partial charge in [-0.1, -0.05) is 36.2 Å². The minimum Gasteiger partial charge on any atom is -0.305 e. The summed E-state index contributed by atoms with van der Waals surface area (Å²) in [5.74, 6) is 0. The molecule has 0 spiro atoms. The monoisotopic (exact) mass is 361 g/mol. The maximum atomic E-state index is 6.23. The summed E-state index contributed by atoms with van der Waals surface area (Å²) in [5, 5.41) is 8.92. The lowest BCUT2D eigenvalue weighted by atomic mass is 10.0. The summed E-state index contributed by atoms with van der Waals surface area (Å²) in [7, 11) is 1.88. The molecule has 0 aliphatic rings. The van der Waals surface area contributed by atoms with Crippen LogP contribution in [-0.4, -0.2) is 16.3 Å². The Bertz CT molecular complexity index is 564. The highest BCUT2D eigenvalue weighted by atomic mass is 79.9. The van der Waals surface area contributed by atoms with Crippen molar-refractivity contribution in [3.63, 3.8) is 0 Å². The van der Waals surface area contributed by atoms with E-state index in [0.29, 0.717) is 10.0 Å². The van der Waals surface area contributed by atoms with Gasteiger partial charge in [-0.2, -0.15) is 5.10 Å². The molecule has 1 aromatic heterocycles. The summed E-state index contributed by atoms with van der Waals surface area (Å²) in [4.78, 5) is 0. The molecule has 0 bridgehead atoms. The molecule has 3 nitrogen and oxygen atoms in total. The van der Waals surface area contributed by atoms with Crippen molar-refractivity contribution in [2.75, 3.05) is 6.54 Å². The quantitative estimate of drug-likeness (QED) is 0.883. The van der Waals surface area contributed by atoms with Crippen molar-refractivity contribution in [3.05, 3.63) is 50.2 Å². The van der Waals surface area contributed by atoms with Crippen LogP contribution in [0.1, 0.15) is 24.2 Å². The van der Waals surface area contributed by atoms with E-state index in [1.54, 1.807) is 10.9 Å². The number of aryl methyl sites for hydroxylation is 1. The number of rotatable bonds is 4. The minimum atomic E-state index is -0.0319. The molecular weight excluding hydrogens is 349 g/mol. The van der Waals surface area contributed by atoms with E-state index >= 15 is 0 Å². The van der Waals surface area contributed by atoms with Gasteiger partial charge in [-0.05, 0) is 40.2 Å². The number of halogens is 3. The van der Waals surface area contributed by atoms with Gasteiger partial charge in [-0.15, -0.1) is 0 Å². The lowest BCUT2D eigenvalue weighted by Gasteiger charge is -2.20. The van der Waals surface area contributed by atoms with Crippen molar-refractivity contribution in [1.82, 2.24) is 15.1 Å². The molecule has 0 saturated carbocycles. The highest BCUT2D eigenvalue weighted by Gasteiger charge is 2.20. The van der Waals surface area contributed by atoms with Crippen molar-refractivity contribution in [1.29, 1.82) is 0 Å². The number of nitrogens with zero attached hydrogens (tertiary/aromatic N) is 2. The maximum absolute atomic E-state index is 6.23. The van der Waals surface area contributed by atoms with Gasteiger partial charge in [-0.25, -0.2) is 0 Å². The van der Waals surface area contributed by atoms with Gasteiger partial charge in [0.2, 0.25) is 0 Å². The van der Waals surface area contributed by atoms with Gasteiger partial charge in [0.05, 0.1) is 28.0 Å². The molecule has 1 aromatic carbocycles. The van der Waals surface area contributed by atoms with Crippen LogP contribution in [0.25, 0.3) is 0 Å². The van der Waals surface area contributed by atoms with E-state index in [9.17, 15) is 0 Å². The molecule has 0 amide bonds. The standard InChI is InChI=1S/C13H14BrCl2N3/c1-3-17-12(13-11(16)7-18-19(13)2)8-4-5-9(14)10(15)6-8/h4-7,12,17H,3H2,1-2H3. The molecule has 1 atom stereocenters. The SMILES string of the molecule is CCNC(c1ccc(Br)c(Cl)c1)c1c(Cl)cnn1C. The second-order valence-electron chi connectivity index (χ2n) is 4.17. The maximum Gasteiger partial charge on any atom is 0.0837 e. The number of hydrogen-bond donors (Lipinski definition) is 1. The highest BCUT2D eigenvalue weighted by Crippen LogP contribution is 2.31. The van der Waals surface area contributed by atoms with Crippen molar-refractivity contribution < 1.29 is 0 Å². The third-order valence-corrected chi connectivity index (χ3v) is 4.42. The number of hydrogen-bond acceptors (Lipinski definition) is 2. The van der Waals surface area contributed by atoms with Crippen LogP contribution in [0.2, 0.25) is 10.0 Å². The van der Waals surface area contributed by atoms with E-state index in [1.807, 2.05) is 25.2 Å². The lowest BCUT2D eigenvalue weighted by Crippen LogP contribution is -2.24. The van der Waals surface area contributed by atoms with Gasteiger partial charge < -0.3 is 5.32 Å². The van der Waals surface area contributed by atoms with Crippen LogP contribution in [0.5, 0.6) is 0 Å². The van der Waals surface area contributed by atoms with Gasteiger partial charge in [-0.3, -0.25) is 4.68 Å². The van der Waals surface area contributed by atoms with Crippen LogP contribution in [0, 0.1) is 0 Å². The summed E-state index contributed by atoms with van der Waals surface area (Å²) in [6, 6.07) is 5.86. The van der Waals surface area contributed by atoms with Gasteiger partial charge in [0.15, 0.2) is 0 Å². The Kier molecular flexibility index (Phi) is 4.90. The van der Waals surface area contributed by atoms with Crippen LogP contribution in [0.15, 0.2) is 28.9 Å². The Labute approximate surface area is 131 Å². The normalized spacial score (nSPS) is 12.7. The molecule has 1 N–H and O–H groups in total. The predicted octanol–water partition coefficient (Wildman–Crippen LogP) is 4.19. The molecule has 1 unspecified atom stereocenters. The Morgan fingerprint density at radius 1 is 1.37 bits per heavy atom. The van der Waals surface area contributed by atoms with Crippen LogP contribution in [0.3, 0.4) is 0 Å². The van der Waals surface area contributed by atoms with Gasteiger partial charge in [0.25, 0.3) is 0 Å². The first-order valence-electron chi connectivity index (χ1n) is 5.90. The zero-order valence-corrected chi connectivity index (χ0v) is 13.7. The lowest BCUT2D eigenvalue weighted by molar-refractivity contribution is 0.573. The molecule has 19 heavy (non-hydrogen) atoms. The Morgan fingerprint density at radius 3 is 2.63 bits per heavy atom. The molecular formula is C13H14BrCl2N3. The molecule has 2 aromatic rings. The van der Waals surface area contributed by atoms with E-state index in [1.165, 1.54) is 0 Å². The number of nitrogens with one attached hydrogen (secondary N) is 1. The fourth-order valence-electron chi connectivity index (χ4n) is 2.01. The van der Waals surface area contributed by atoms with Gasteiger partial charge in [0.1, 0.15) is 0 Å². The Hall–Kier alpha value is -0.550. The van der Waals surface area contributed by atoms with E-state index in [4.69, 9.17) is 23.2 Å². The molecule has 1 heterocycles. The van der Waals surface area contributed by atoms with Crippen molar-refractivity contribution in [3.8, 4) is 0 Å². The summed E-state index contributed by atoms with van der Waals surface area (Å²) < 4.78 is 2.66. The Balaban J connectivity index is 2.48. The largest absolute Gasteiger partial charge is 0.305 e. The third-order valence-electron chi connectivity index (χ3n) is 2.90. The molecule has 6 heteroatoms. The Morgan fingerprint density at radius 2 is 2.11 bits per heavy atom. The van der Waals surface area contributed by atoms with E-state index in [2.05, 4.69) is 33.3 Å². The molecule has 0 aliphatic heterocycles. The van der Waals surface area contributed by atoms with Crippen molar-refractivity contribution in [2.24, 2.45) is 7.05 Å². The topological polar surface area (TPSA) is 29.9 Å². The zero-order valence-electron chi connectivity index (χ0n) is 10.6. The van der Waals surface area contributed by atoms with Crippen molar-refractivity contribution in [2.45, 2.75) is 13.0 Å². The molecule has 0 aliphatic carbocycles. The van der Waals surface area contributed by atoms with E-state index in [-0.39, 0.29) is 6.04 Å². The fraction of sp³-hybridized carbons (Fsp3) is 0.308. The third kappa shape index (κ3) is 3.14. The first-order chi connectivity index (χ1) is 9.04. The number of benzene rings is 1. The highest BCUT2D eigenvalue weighted by molar-refractivity contribution is 9.10. The fourth-order valence-corrected chi connectivity index (χ4v) is 2.72. The predicted molar refractivity (Wildman–Crippen MR) is 82.9 cm³/mol. The molecule has 0 radical (unpaired) electrons. The van der Waals surface area contributed by atoms with Crippen LogP contribution >= 0.6 is 39.1 Å². The summed E-state index contributed by atoms with van der Waals surface area (Å²) >= 11 is 15.8. The molecule has 0 saturated heterocycles. The average Bonchev–Trinajstić information content (AvgIpc) is 2.70. The molecule has 102 valence electrons. The van der Waals surface area contributed by atoms with Crippen LogP contribution in [0.4, 0.5) is 0 Å². The second kappa shape index (κ2) is 6.27. The van der Waals surface area contributed by atoms with E-state index < -0.39 is 0 Å². The number of aromatic nitrogens is 2. The summed E-state index contributed by atoms with van der Waals surface area (Å²) in [6.45, 7) is 2.87. The smallest absolute Gasteiger partial charge is 0.0837 e. The molecule has 0 fully saturated rings. The zero-order chi connectivity index (χ0) is 14.0. The first kappa shape index (κ1) is 14.9. The van der Waals surface area contributed by atoms with Crippen LogP contribution < -0.4 is 5.32 Å². The van der Waals surface area contributed by atoms with E-state index in [0.717, 1.165) is 22.3 Å². The summed E-state index contributed by atoms with van der Waals surface area (Å²) in [5.41, 5.74) is 1.99. The van der Waals surface area contributed by atoms with Gasteiger partial charge in [0, 0.05) is 11.5 Å². The van der Waals surface area contributed by atoms with Crippen LogP contribution in [-0.2, 0) is 7.05 Å².